The highest BCUT2D eigenvalue weighted by atomic mass is 35.5. The molecule has 152 valence electrons. The van der Waals surface area contributed by atoms with Crippen molar-refractivity contribution in [3.63, 3.8) is 0 Å². The van der Waals surface area contributed by atoms with E-state index in [-0.39, 0.29) is 18.9 Å². The first-order chi connectivity index (χ1) is 13.4. The molecule has 28 heavy (non-hydrogen) atoms. The average molecular weight is 407 g/mol. The molecule has 2 aromatic rings. The number of nitrogens with one attached hydrogen (secondary N) is 1. The summed E-state index contributed by atoms with van der Waals surface area (Å²) < 4.78 is 16.6. The zero-order valence-corrected chi connectivity index (χ0v) is 17.5. The van der Waals surface area contributed by atoms with Crippen LogP contribution in [0.3, 0.4) is 0 Å². The number of rotatable bonds is 10. The highest BCUT2D eigenvalue weighted by Gasteiger charge is 2.09. The minimum absolute atomic E-state index is 0.163. The standard InChI is InChI=1S/C21H27ClN2O4/c1-15-5-7-19(20(13-15)26-4)27-11-9-21(25)23-16-6-8-18(17(22)14-16)28-12-10-24(2)3/h5-8,13-14H,9-12H2,1-4H3,(H,23,25). The second kappa shape index (κ2) is 10.8. The van der Waals surface area contributed by atoms with Crippen LogP contribution in [0.5, 0.6) is 17.2 Å². The number of halogens is 1. The molecule has 0 spiro atoms. The summed E-state index contributed by atoms with van der Waals surface area (Å²) in [5, 5.41) is 3.27. The molecule has 2 rings (SSSR count). The van der Waals surface area contributed by atoms with E-state index >= 15 is 0 Å². The number of amides is 1. The normalized spacial score (nSPS) is 10.6. The zero-order chi connectivity index (χ0) is 20.5. The number of hydrogen-bond acceptors (Lipinski definition) is 5. The third-order valence-electron chi connectivity index (χ3n) is 3.92. The number of likely N-dealkylation sites (N-methyl/N-ethyl adjacent to an activating group) is 1. The van der Waals surface area contributed by atoms with Crippen LogP contribution in [0, 0.1) is 6.92 Å². The Balaban J connectivity index is 1.82. The molecular weight excluding hydrogens is 380 g/mol. The second-order valence-corrected chi connectivity index (χ2v) is 7.01. The van der Waals surface area contributed by atoms with Crippen LogP contribution in [0.1, 0.15) is 12.0 Å². The Bertz CT molecular complexity index is 796. The summed E-state index contributed by atoms with van der Waals surface area (Å²) in [6.45, 7) is 3.55. The molecule has 0 heterocycles. The molecule has 7 heteroatoms. The number of anilines is 1. The van der Waals surface area contributed by atoms with Crippen LogP contribution in [-0.4, -0.2) is 51.8 Å². The summed E-state index contributed by atoms with van der Waals surface area (Å²) in [5.41, 5.74) is 1.69. The van der Waals surface area contributed by atoms with Crippen molar-refractivity contribution in [3.05, 3.63) is 47.0 Å². The van der Waals surface area contributed by atoms with Crippen molar-refractivity contribution in [2.75, 3.05) is 46.3 Å². The molecule has 1 N–H and O–H groups in total. The molecule has 0 fully saturated rings. The lowest BCUT2D eigenvalue weighted by Crippen LogP contribution is -2.19. The SMILES string of the molecule is COc1cc(C)ccc1OCCC(=O)Nc1ccc(OCCN(C)C)c(Cl)c1. The van der Waals surface area contributed by atoms with Gasteiger partial charge in [0.2, 0.25) is 5.91 Å². The van der Waals surface area contributed by atoms with Gasteiger partial charge < -0.3 is 24.4 Å². The van der Waals surface area contributed by atoms with E-state index in [1.807, 2.05) is 44.1 Å². The van der Waals surface area contributed by atoms with E-state index < -0.39 is 0 Å². The van der Waals surface area contributed by atoms with Gasteiger partial charge in [0.05, 0.1) is 25.2 Å². The highest BCUT2D eigenvalue weighted by molar-refractivity contribution is 6.32. The summed E-state index contributed by atoms with van der Waals surface area (Å²) in [6.07, 6.45) is 0.204. The second-order valence-electron chi connectivity index (χ2n) is 6.60. The molecule has 0 atom stereocenters. The first-order valence-electron chi connectivity index (χ1n) is 9.03. The van der Waals surface area contributed by atoms with Gasteiger partial charge in [0.15, 0.2) is 11.5 Å². The number of aryl methyl sites for hydroxylation is 1. The van der Waals surface area contributed by atoms with Gasteiger partial charge in [-0.1, -0.05) is 17.7 Å². The number of carbonyl (C=O) groups is 1. The van der Waals surface area contributed by atoms with E-state index in [4.69, 9.17) is 25.8 Å². The summed E-state index contributed by atoms with van der Waals surface area (Å²) in [6, 6.07) is 10.8. The monoisotopic (exact) mass is 406 g/mol. The summed E-state index contributed by atoms with van der Waals surface area (Å²) in [5.74, 6) is 1.69. The van der Waals surface area contributed by atoms with Gasteiger partial charge in [0, 0.05) is 12.2 Å². The van der Waals surface area contributed by atoms with Gasteiger partial charge in [-0.15, -0.1) is 0 Å². The van der Waals surface area contributed by atoms with Gasteiger partial charge in [0.1, 0.15) is 12.4 Å². The minimum atomic E-state index is -0.163. The summed E-state index contributed by atoms with van der Waals surface area (Å²) in [7, 11) is 5.54. The maximum Gasteiger partial charge on any atom is 0.227 e. The molecule has 1 amide bonds. The van der Waals surface area contributed by atoms with Crippen molar-refractivity contribution in [1.82, 2.24) is 4.90 Å². The summed E-state index contributed by atoms with van der Waals surface area (Å²) >= 11 is 6.23. The fraction of sp³-hybridized carbons (Fsp3) is 0.381. The Kier molecular flexibility index (Phi) is 8.42. The predicted octanol–water partition coefficient (Wildman–Crippen LogP) is 4.01. The Labute approximate surface area is 171 Å². The van der Waals surface area contributed by atoms with Gasteiger partial charge in [0.25, 0.3) is 0 Å². The number of benzene rings is 2. The first kappa shape index (κ1) is 21.9. The van der Waals surface area contributed by atoms with Gasteiger partial charge in [-0.2, -0.15) is 0 Å². The van der Waals surface area contributed by atoms with Crippen molar-refractivity contribution >= 4 is 23.2 Å². The number of nitrogens with zero attached hydrogens (tertiary/aromatic N) is 1. The molecule has 0 aliphatic carbocycles. The Morgan fingerprint density at radius 2 is 1.75 bits per heavy atom. The van der Waals surface area contributed by atoms with E-state index in [9.17, 15) is 4.79 Å². The first-order valence-corrected chi connectivity index (χ1v) is 9.41. The van der Waals surface area contributed by atoms with Crippen molar-refractivity contribution in [2.24, 2.45) is 0 Å². The largest absolute Gasteiger partial charge is 0.493 e. The Hall–Kier alpha value is -2.44. The van der Waals surface area contributed by atoms with E-state index in [1.165, 1.54) is 0 Å². The quantitative estimate of drug-likeness (QED) is 0.646. The topological polar surface area (TPSA) is 60.0 Å². The number of methoxy groups -OCH3 is 1. The Morgan fingerprint density at radius 1 is 1.04 bits per heavy atom. The predicted molar refractivity (Wildman–Crippen MR) is 112 cm³/mol. The fourth-order valence-corrected chi connectivity index (χ4v) is 2.64. The lowest BCUT2D eigenvalue weighted by Gasteiger charge is -2.13. The molecule has 0 aliphatic rings. The van der Waals surface area contributed by atoms with Crippen LogP contribution in [0.4, 0.5) is 5.69 Å². The van der Waals surface area contributed by atoms with Crippen LogP contribution in [0.15, 0.2) is 36.4 Å². The van der Waals surface area contributed by atoms with E-state index in [0.29, 0.717) is 34.6 Å². The molecule has 0 aromatic heterocycles. The fourth-order valence-electron chi connectivity index (χ4n) is 2.41. The smallest absolute Gasteiger partial charge is 0.227 e. The number of hydrogen-bond donors (Lipinski definition) is 1. The number of carbonyl (C=O) groups excluding carboxylic acids is 1. The molecule has 0 bridgehead atoms. The van der Waals surface area contributed by atoms with Gasteiger partial charge in [-0.25, -0.2) is 0 Å². The molecule has 0 aliphatic heterocycles. The zero-order valence-electron chi connectivity index (χ0n) is 16.8. The van der Waals surface area contributed by atoms with Crippen LogP contribution in [0.25, 0.3) is 0 Å². The molecule has 0 unspecified atom stereocenters. The summed E-state index contributed by atoms with van der Waals surface area (Å²) in [4.78, 5) is 14.2. The molecule has 6 nitrogen and oxygen atoms in total. The van der Waals surface area contributed by atoms with Crippen molar-refractivity contribution in [1.29, 1.82) is 0 Å². The average Bonchev–Trinajstić information content (AvgIpc) is 2.64. The minimum Gasteiger partial charge on any atom is -0.493 e. The van der Waals surface area contributed by atoms with Crippen molar-refractivity contribution in [2.45, 2.75) is 13.3 Å². The third kappa shape index (κ3) is 6.94. The lowest BCUT2D eigenvalue weighted by atomic mass is 10.2. The molecular formula is C21H27ClN2O4. The van der Waals surface area contributed by atoms with Crippen LogP contribution < -0.4 is 19.5 Å². The molecule has 0 saturated carbocycles. The number of ether oxygens (including phenoxy) is 3. The maximum atomic E-state index is 12.2. The lowest BCUT2D eigenvalue weighted by molar-refractivity contribution is -0.116. The van der Waals surface area contributed by atoms with E-state index in [0.717, 1.165) is 12.1 Å². The maximum absolute atomic E-state index is 12.2. The highest BCUT2D eigenvalue weighted by Crippen LogP contribution is 2.29. The van der Waals surface area contributed by atoms with Gasteiger partial charge >= 0.3 is 0 Å². The van der Waals surface area contributed by atoms with Crippen LogP contribution >= 0.6 is 11.6 Å². The van der Waals surface area contributed by atoms with Crippen LogP contribution in [0.2, 0.25) is 5.02 Å². The molecule has 0 saturated heterocycles. The third-order valence-corrected chi connectivity index (χ3v) is 4.21. The molecule has 0 radical (unpaired) electrons. The van der Waals surface area contributed by atoms with Gasteiger partial charge in [-0.3, -0.25) is 4.79 Å². The van der Waals surface area contributed by atoms with E-state index in [2.05, 4.69) is 5.32 Å². The molecule has 2 aromatic carbocycles. The van der Waals surface area contributed by atoms with Crippen molar-refractivity contribution < 1.29 is 19.0 Å². The van der Waals surface area contributed by atoms with E-state index in [1.54, 1.807) is 25.3 Å². The van der Waals surface area contributed by atoms with Crippen molar-refractivity contribution in [3.8, 4) is 17.2 Å². The van der Waals surface area contributed by atoms with Gasteiger partial charge in [-0.05, 0) is 56.9 Å². The Morgan fingerprint density at radius 3 is 2.43 bits per heavy atom. The van der Waals surface area contributed by atoms with Crippen LogP contribution in [-0.2, 0) is 4.79 Å².